The van der Waals surface area contributed by atoms with E-state index in [2.05, 4.69) is 30.7 Å². The van der Waals surface area contributed by atoms with Gasteiger partial charge in [-0.05, 0) is 17.7 Å². The molecular weight excluding hydrogens is 360 g/mol. The summed E-state index contributed by atoms with van der Waals surface area (Å²) in [5.74, 6) is 0.509. The summed E-state index contributed by atoms with van der Waals surface area (Å²) in [5, 5.41) is 0. The second kappa shape index (κ2) is 6.88. The smallest absolute Gasteiger partial charge is 0.153 e. The Balaban J connectivity index is 1.53. The molecule has 7 nitrogen and oxygen atoms in total. The van der Waals surface area contributed by atoms with E-state index >= 15 is 0 Å². The van der Waals surface area contributed by atoms with Gasteiger partial charge in [0.05, 0.1) is 29.8 Å². The van der Waals surface area contributed by atoms with E-state index in [9.17, 15) is 8.42 Å². The number of ether oxygens (including phenoxy) is 1. The third-order valence-electron chi connectivity index (χ3n) is 5.19. The van der Waals surface area contributed by atoms with Crippen molar-refractivity contribution in [1.82, 2.24) is 18.5 Å². The zero-order valence-electron chi connectivity index (χ0n) is 14.2. The molecular formula is C16H22N4O3S2. The first-order valence-electron chi connectivity index (χ1n) is 8.44. The van der Waals surface area contributed by atoms with Gasteiger partial charge < -0.3 is 4.74 Å². The number of rotatable bonds is 5. The van der Waals surface area contributed by atoms with Crippen LogP contribution < -0.4 is 0 Å². The molecule has 3 heterocycles. The first-order chi connectivity index (χ1) is 12.1. The third kappa shape index (κ3) is 3.56. The molecule has 9 heteroatoms. The Morgan fingerprint density at radius 3 is 2.68 bits per heavy atom. The number of nitrogens with zero attached hydrogens (tertiary/aromatic N) is 4. The largest absolute Gasteiger partial charge is 0.383 e. The van der Waals surface area contributed by atoms with Crippen LogP contribution in [0.5, 0.6) is 0 Å². The van der Waals surface area contributed by atoms with E-state index in [1.54, 1.807) is 7.11 Å². The van der Waals surface area contributed by atoms with Crippen LogP contribution in [-0.4, -0.2) is 83.9 Å². The molecule has 0 spiro atoms. The number of sulfone groups is 1. The van der Waals surface area contributed by atoms with Crippen molar-refractivity contribution in [3.05, 3.63) is 23.8 Å². The molecule has 2 aliphatic rings. The van der Waals surface area contributed by atoms with Gasteiger partial charge in [0.15, 0.2) is 9.84 Å². The van der Waals surface area contributed by atoms with Crippen LogP contribution in [0.25, 0.3) is 11.0 Å². The number of hydrogen-bond donors (Lipinski definition) is 0. The zero-order valence-corrected chi connectivity index (χ0v) is 15.8. The van der Waals surface area contributed by atoms with Gasteiger partial charge in [0.1, 0.15) is 11.0 Å². The standard InChI is InChI=1S/C16H22N4O3S2/c1-23-7-6-19-4-5-20(16-11-25(21,22)10-15(16)19)9-12-2-3-13-14(8-12)18-24-17-13/h2-3,8,15-16H,4-7,9-11H2,1H3/t15-,16+/m1/s1. The van der Waals surface area contributed by atoms with Crippen molar-refractivity contribution in [3.8, 4) is 0 Å². The molecule has 25 heavy (non-hydrogen) atoms. The Hall–Kier alpha value is -1.13. The van der Waals surface area contributed by atoms with Gasteiger partial charge in [0, 0.05) is 45.4 Å². The van der Waals surface area contributed by atoms with Gasteiger partial charge >= 0.3 is 0 Å². The molecule has 2 atom stereocenters. The molecule has 1 aromatic carbocycles. The lowest BCUT2D eigenvalue weighted by Crippen LogP contribution is -2.59. The van der Waals surface area contributed by atoms with Crippen molar-refractivity contribution < 1.29 is 13.2 Å². The number of methoxy groups -OCH3 is 1. The van der Waals surface area contributed by atoms with Gasteiger partial charge in [-0.15, -0.1) is 0 Å². The minimum absolute atomic E-state index is 0.0554. The number of hydrogen-bond acceptors (Lipinski definition) is 8. The molecule has 2 saturated heterocycles. The Kier molecular flexibility index (Phi) is 4.76. The van der Waals surface area contributed by atoms with Crippen LogP contribution in [0.4, 0.5) is 0 Å². The third-order valence-corrected chi connectivity index (χ3v) is 7.45. The molecule has 0 aliphatic carbocycles. The molecule has 2 aromatic rings. The summed E-state index contributed by atoms with van der Waals surface area (Å²) in [7, 11) is -1.30. The number of piperazine rings is 1. The fourth-order valence-corrected chi connectivity index (χ4v) is 6.50. The molecule has 2 fully saturated rings. The topological polar surface area (TPSA) is 75.6 Å². The minimum atomic E-state index is -2.98. The number of aromatic nitrogens is 2. The van der Waals surface area contributed by atoms with Crippen LogP contribution in [0.3, 0.4) is 0 Å². The van der Waals surface area contributed by atoms with E-state index in [0.29, 0.717) is 6.61 Å². The zero-order chi connectivity index (χ0) is 17.4. The molecule has 0 bridgehead atoms. The Morgan fingerprint density at radius 1 is 1.16 bits per heavy atom. The van der Waals surface area contributed by atoms with Gasteiger partial charge in [0.2, 0.25) is 0 Å². The second-order valence-corrected chi connectivity index (χ2v) is 9.48. The monoisotopic (exact) mass is 382 g/mol. The molecule has 136 valence electrons. The van der Waals surface area contributed by atoms with E-state index in [4.69, 9.17) is 4.74 Å². The lowest BCUT2D eigenvalue weighted by molar-refractivity contribution is 0.0253. The summed E-state index contributed by atoms with van der Waals surface area (Å²) in [5.41, 5.74) is 2.99. The maximum Gasteiger partial charge on any atom is 0.153 e. The molecule has 1 aromatic heterocycles. The lowest BCUT2D eigenvalue weighted by Gasteiger charge is -2.44. The Bertz CT molecular complexity index is 854. The van der Waals surface area contributed by atoms with Gasteiger partial charge in [-0.3, -0.25) is 9.80 Å². The van der Waals surface area contributed by atoms with Crippen molar-refractivity contribution in [2.45, 2.75) is 18.6 Å². The van der Waals surface area contributed by atoms with Crippen molar-refractivity contribution >= 4 is 32.6 Å². The summed E-state index contributed by atoms with van der Waals surface area (Å²) in [6.45, 7) is 3.92. The highest BCUT2D eigenvalue weighted by Crippen LogP contribution is 2.28. The van der Waals surface area contributed by atoms with Crippen LogP contribution >= 0.6 is 11.7 Å². The molecule has 0 N–H and O–H groups in total. The molecule has 0 unspecified atom stereocenters. The fourth-order valence-electron chi connectivity index (χ4n) is 3.94. The number of benzene rings is 1. The van der Waals surface area contributed by atoms with Gasteiger partial charge in [-0.2, -0.15) is 8.75 Å². The highest BCUT2D eigenvalue weighted by molar-refractivity contribution is 7.91. The van der Waals surface area contributed by atoms with Gasteiger partial charge in [0.25, 0.3) is 0 Å². The predicted molar refractivity (Wildman–Crippen MR) is 97.5 cm³/mol. The van der Waals surface area contributed by atoms with Crippen LogP contribution in [0.2, 0.25) is 0 Å². The molecule has 0 amide bonds. The quantitative estimate of drug-likeness (QED) is 0.750. The highest BCUT2D eigenvalue weighted by atomic mass is 32.2. The normalized spacial score (nSPS) is 26.9. The summed E-state index contributed by atoms with van der Waals surface area (Å²) >= 11 is 1.22. The fraction of sp³-hybridized carbons (Fsp3) is 0.625. The summed E-state index contributed by atoms with van der Waals surface area (Å²) in [6, 6.07) is 6.25. The van der Waals surface area contributed by atoms with Crippen LogP contribution in [0.1, 0.15) is 5.56 Å². The van der Waals surface area contributed by atoms with Crippen LogP contribution in [0.15, 0.2) is 18.2 Å². The van der Waals surface area contributed by atoms with Crippen LogP contribution in [0, 0.1) is 0 Å². The summed E-state index contributed by atoms with van der Waals surface area (Å²) in [4.78, 5) is 4.60. The SMILES string of the molecule is COCCN1CCN(Cc2ccc3nsnc3c2)[C@H]2CS(=O)(=O)C[C@H]21. The van der Waals surface area contributed by atoms with E-state index in [-0.39, 0.29) is 23.6 Å². The Morgan fingerprint density at radius 2 is 1.88 bits per heavy atom. The predicted octanol–water partition coefficient (Wildman–Crippen LogP) is 0.621. The highest BCUT2D eigenvalue weighted by Gasteiger charge is 2.46. The average Bonchev–Trinajstić information content (AvgIpc) is 3.16. The van der Waals surface area contributed by atoms with E-state index in [0.717, 1.165) is 42.8 Å². The molecule has 4 rings (SSSR count). The average molecular weight is 383 g/mol. The first kappa shape index (κ1) is 17.3. The molecule has 0 radical (unpaired) electrons. The van der Waals surface area contributed by atoms with E-state index in [1.807, 2.05) is 6.07 Å². The molecule has 0 saturated carbocycles. The maximum absolute atomic E-state index is 12.3. The van der Waals surface area contributed by atoms with Crippen molar-refractivity contribution in [1.29, 1.82) is 0 Å². The van der Waals surface area contributed by atoms with Crippen molar-refractivity contribution in [3.63, 3.8) is 0 Å². The summed E-state index contributed by atoms with van der Waals surface area (Å²) in [6.07, 6.45) is 0. The number of fused-ring (bicyclic) bond motifs is 2. The van der Waals surface area contributed by atoms with Gasteiger partial charge in [-0.1, -0.05) is 6.07 Å². The minimum Gasteiger partial charge on any atom is -0.383 e. The van der Waals surface area contributed by atoms with E-state index in [1.165, 1.54) is 11.7 Å². The maximum atomic E-state index is 12.3. The van der Waals surface area contributed by atoms with Gasteiger partial charge in [-0.25, -0.2) is 8.42 Å². The Labute approximate surface area is 151 Å². The first-order valence-corrected chi connectivity index (χ1v) is 11.0. The van der Waals surface area contributed by atoms with Crippen molar-refractivity contribution in [2.75, 3.05) is 44.9 Å². The second-order valence-electron chi connectivity index (χ2n) is 6.80. The van der Waals surface area contributed by atoms with Crippen LogP contribution in [-0.2, 0) is 21.1 Å². The lowest BCUT2D eigenvalue weighted by atomic mass is 10.0. The van der Waals surface area contributed by atoms with Crippen molar-refractivity contribution in [2.24, 2.45) is 0 Å². The van der Waals surface area contributed by atoms with E-state index < -0.39 is 9.84 Å². The summed E-state index contributed by atoms with van der Waals surface area (Å²) < 4.78 is 38.2. The molecule has 2 aliphatic heterocycles.